The van der Waals surface area contributed by atoms with Crippen molar-refractivity contribution < 1.29 is 28.8 Å². The van der Waals surface area contributed by atoms with E-state index in [1.165, 1.54) is 0 Å². The Kier molecular flexibility index (Phi) is 5.58. The van der Waals surface area contributed by atoms with E-state index in [4.69, 9.17) is 15.3 Å². The van der Waals surface area contributed by atoms with Crippen LogP contribution in [0.15, 0.2) is 66.9 Å². The topological polar surface area (TPSA) is 135 Å². The summed E-state index contributed by atoms with van der Waals surface area (Å²) in [6.07, 6.45) is 4.05. The van der Waals surface area contributed by atoms with Gasteiger partial charge in [0.25, 0.3) is 0 Å². The lowest BCUT2D eigenvalue weighted by Crippen LogP contribution is -2.55. The number of rotatable bonds is 6. The molecule has 0 aliphatic carbocycles. The number of hydrogen-bond donors (Lipinski definition) is 2. The molecule has 1 saturated heterocycles. The minimum absolute atomic E-state index is 0.115. The molecule has 10 nitrogen and oxygen atoms in total. The van der Waals surface area contributed by atoms with Crippen LogP contribution in [-0.2, 0) is 43.3 Å². The summed E-state index contributed by atoms with van der Waals surface area (Å²) in [7, 11) is 0. The van der Waals surface area contributed by atoms with Gasteiger partial charge in [-0.3, -0.25) is 9.69 Å². The van der Waals surface area contributed by atoms with E-state index in [1.54, 1.807) is 36.4 Å². The van der Waals surface area contributed by atoms with Gasteiger partial charge < -0.3 is 20.3 Å². The predicted octanol–water partition coefficient (Wildman–Crippen LogP) is 1.94. The van der Waals surface area contributed by atoms with Gasteiger partial charge >= 0.3 is 29.6 Å². The summed E-state index contributed by atoms with van der Waals surface area (Å²) in [4.78, 5) is 61.0. The molecular formula is C25H22N4O6. The molecule has 178 valence electrons. The smallest absolute Gasteiger partial charge is 0.364 e. The number of aromatic amines is 1. The van der Waals surface area contributed by atoms with E-state index < -0.39 is 29.6 Å². The Hall–Kier alpha value is -4.44. The second kappa shape index (κ2) is 8.73. The van der Waals surface area contributed by atoms with Gasteiger partial charge in [-0.15, -0.1) is 0 Å². The molecule has 1 atom stereocenters. The Morgan fingerprint density at radius 3 is 2.49 bits per heavy atom. The number of H-pyrrole nitrogens is 1. The maximum absolute atomic E-state index is 13.7. The summed E-state index contributed by atoms with van der Waals surface area (Å²) in [5.74, 6) is -2.72. The molecule has 3 N–H and O–H groups in total. The van der Waals surface area contributed by atoms with Crippen molar-refractivity contribution in [2.45, 2.75) is 25.1 Å². The third-order valence-corrected chi connectivity index (χ3v) is 5.99. The van der Waals surface area contributed by atoms with Crippen molar-refractivity contribution in [2.75, 3.05) is 6.54 Å². The first kappa shape index (κ1) is 22.4. The normalized spacial score (nSPS) is 20.9. The lowest BCUT2D eigenvalue weighted by Gasteiger charge is -2.32. The van der Waals surface area contributed by atoms with E-state index >= 15 is 0 Å². The Balaban J connectivity index is 1.53. The second-order valence-electron chi connectivity index (χ2n) is 8.31. The fraction of sp³-hybridized carbons (Fsp3) is 0.200. The molecule has 3 aromatic rings. The van der Waals surface area contributed by atoms with E-state index in [9.17, 15) is 19.2 Å². The number of carbonyl (C=O) groups is 4. The van der Waals surface area contributed by atoms with Gasteiger partial charge in [-0.25, -0.2) is 14.4 Å². The number of carbonyl (C=O) groups excluding carboxylic acids is 4. The Bertz CT molecular complexity index is 1360. The van der Waals surface area contributed by atoms with Gasteiger partial charge in [-0.1, -0.05) is 41.5 Å². The monoisotopic (exact) mass is 474 g/mol. The molecule has 0 radical (unpaired) electrons. The van der Waals surface area contributed by atoms with Crippen LogP contribution in [0.4, 0.5) is 4.79 Å². The first-order valence-corrected chi connectivity index (χ1v) is 11.0. The van der Waals surface area contributed by atoms with Gasteiger partial charge in [0, 0.05) is 35.7 Å². The molecule has 0 bridgehead atoms. The van der Waals surface area contributed by atoms with Crippen LogP contribution in [0.1, 0.15) is 16.7 Å². The van der Waals surface area contributed by atoms with Crippen LogP contribution in [0.3, 0.4) is 0 Å². The molecular weight excluding hydrogens is 452 g/mol. The molecule has 1 aromatic heterocycles. The summed E-state index contributed by atoms with van der Waals surface area (Å²) >= 11 is 0. The molecule has 1 fully saturated rings. The molecule has 1 unspecified atom stereocenters. The Morgan fingerprint density at radius 2 is 1.71 bits per heavy atom. The number of hydroxylamine groups is 2. The Labute approximate surface area is 199 Å². The molecule has 3 amide bonds. The van der Waals surface area contributed by atoms with Crippen molar-refractivity contribution in [1.82, 2.24) is 14.9 Å². The molecule has 3 heterocycles. The number of fused-ring (bicyclic) bond motifs is 2. The molecule has 2 aromatic carbocycles. The molecule has 10 heteroatoms. The number of benzene rings is 2. The van der Waals surface area contributed by atoms with Crippen molar-refractivity contribution in [1.29, 1.82) is 0 Å². The first-order valence-electron chi connectivity index (χ1n) is 11.0. The predicted molar refractivity (Wildman–Crippen MR) is 123 cm³/mol. The van der Waals surface area contributed by atoms with Crippen LogP contribution < -0.4 is 5.73 Å². The number of hydrogen-bond acceptors (Lipinski definition) is 7. The number of esters is 1. The molecule has 0 spiro atoms. The zero-order valence-corrected chi connectivity index (χ0v) is 18.6. The van der Waals surface area contributed by atoms with Crippen molar-refractivity contribution in [2.24, 2.45) is 5.73 Å². The maximum atomic E-state index is 13.7. The summed E-state index contributed by atoms with van der Waals surface area (Å²) in [5.41, 5.74) is 6.72. The largest absolute Gasteiger partial charge is 0.422 e. The third-order valence-electron chi connectivity index (χ3n) is 5.99. The van der Waals surface area contributed by atoms with Crippen molar-refractivity contribution in [3.8, 4) is 0 Å². The van der Waals surface area contributed by atoms with Gasteiger partial charge in [-0.05, 0) is 41.8 Å². The number of imide groups is 1. The molecule has 2 aliphatic heterocycles. The average molecular weight is 474 g/mol. The fourth-order valence-electron chi connectivity index (χ4n) is 4.37. The van der Waals surface area contributed by atoms with Crippen molar-refractivity contribution in [3.05, 3.63) is 83.6 Å². The van der Waals surface area contributed by atoms with Crippen LogP contribution in [-0.4, -0.2) is 51.1 Å². The summed E-state index contributed by atoms with van der Waals surface area (Å²) < 4.78 is 5.51. The lowest BCUT2D eigenvalue weighted by atomic mass is 10.0. The van der Waals surface area contributed by atoms with E-state index in [2.05, 4.69) is 4.98 Å². The average Bonchev–Trinajstić information content (AvgIpc) is 3.32. The summed E-state index contributed by atoms with van der Waals surface area (Å²) in [6, 6.07) is 13.3. The lowest BCUT2D eigenvalue weighted by molar-refractivity contribution is -0.239. The van der Waals surface area contributed by atoms with E-state index in [1.807, 2.05) is 18.3 Å². The standard InChI is InChI=1S/C25H22N4O6/c26-11-10-18-14-27-20-7-6-17(12-19(18)20)15-28-23(32)25(13-16-4-2-1-3-5-16)29(24(28)33)35-22(31)9-8-21(30)34-25/h1-9,12,14,27H,10-11,13,15,26H2/b9-8-. The highest BCUT2D eigenvalue weighted by Gasteiger charge is 2.63. The highest BCUT2D eigenvalue weighted by Crippen LogP contribution is 2.36. The van der Waals surface area contributed by atoms with Gasteiger partial charge in [0.1, 0.15) is 0 Å². The maximum Gasteiger partial charge on any atom is 0.364 e. The summed E-state index contributed by atoms with van der Waals surface area (Å²) in [6.45, 7) is 0.360. The number of urea groups is 1. The van der Waals surface area contributed by atoms with Crippen molar-refractivity contribution >= 4 is 34.8 Å². The van der Waals surface area contributed by atoms with Crippen LogP contribution in [0.2, 0.25) is 0 Å². The van der Waals surface area contributed by atoms with Gasteiger partial charge in [0.05, 0.1) is 6.54 Å². The number of ether oxygens (including phenoxy) is 1. The van der Waals surface area contributed by atoms with Crippen molar-refractivity contribution in [3.63, 3.8) is 0 Å². The first-order chi connectivity index (χ1) is 16.9. The van der Waals surface area contributed by atoms with Gasteiger partial charge in [-0.2, -0.15) is 0 Å². The second-order valence-corrected chi connectivity index (χ2v) is 8.31. The number of nitrogens with two attached hydrogens (primary N) is 1. The van der Waals surface area contributed by atoms with Gasteiger partial charge in [0.15, 0.2) is 0 Å². The fourth-order valence-corrected chi connectivity index (χ4v) is 4.37. The van der Waals surface area contributed by atoms with Crippen LogP contribution in [0.25, 0.3) is 10.9 Å². The zero-order chi connectivity index (χ0) is 24.6. The highest BCUT2D eigenvalue weighted by molar-refractivity contribution is 6.08. The number of aromatic nitrogens is 1. The third kappa shape index (κ3) is 3.93. The number of nitrogens with one attached hydrogen (secondary N) is 1. The van der Waals surface area contributed by atoms with E-state index in [-0.39, 0.29) is 13.0 Å². The minimum atomic E-state index is -2.17. The quantitative estimate of drug-likeness (QED) is 0.412. The van der Waals surface area contributed by atoms with Gasteiger partial charge in [0.2, 0.25) is 0 Å². The van der Waals surface area contributed by atoms with Crippen LogP contribution in [0.5, 0.6) is 0 Å². The molecule has 0 saturated carbocycles. The van der Waals surface area contributed by atoms with Crippen LogP contribution >= 0.6 is 0 Å². The number of amides is 3. The molecule has 5 rings (SSSR count). The molecule has 35 heavy (non-hydrogen) atoms. The number of nitrogens with zero attached hydrogens (tertiary/aromatic N) is 2. The molecule has 2 aliphatic rings. The highest BCUT2D eigenvalue weighted by atomic mass is 16.8. The summed E-state index contributed by atoms with van der Waals surface area (Å²) in [5, 5.41) is 1.50. The van der Waals surface area contributed by atoms with E-state index in [0.717, 1.165) is 33.5 Å². The zero-order valence-electron chi connectivity index (χ0n) is 18.6. The van der Waals surface area contributed by atoms with Crippen LogP contribution in [0, 0.1) is 0 Å². The van der Waals surface area contributed by atoms with E-state index in [0.29, 0.717) is 29.2 Å². The minimum Gasteiger partial charge on any atom is -0.422 e. The SMILES string of the molecule is NCCc1c[nH]c2ccc(CN3C(=O)N4OC(=O)/C=C\C(=O)OC4(Cc4ccccc4)C3=O)cc12. The Morgan fingerprint density at radius 1 is 0.943 bits per heavy atom.